The maximum Gasteiger partial charge on any atom is 0.571 e. The molecule has 1 saturated heterocycles. The molecule has 1 aliphatic rings. The van der Waals surface area contributed by atoms with Gasteiger partial charge in [0.05, 0.1) is 0 Å². The Hall–Kier alpha value is -0.513. The molecule has 0 aromatic carbocycles. The van der Waals surface area contributed by atoms with E-state index in [0.29, 0.717) is 19.8 Å². The van der Waals surface area contributed by atoms with Gasteiger partial charge in [-0.2, -0.15) is 9.78 Å². The maximum atomic E-state index is 12.7. The third kappa shape index (κ3) is 3.94. The molecule has 0 amide bonds. The number of ether oxygens (including phenoxy) is 1. The van der Waals surface area contributed by atoms with E-state index in [-0.39, 0.29) is 0 Å². The second-order valence-corrected chi connectivity index (χ2v) is 9.40. The van der Waals surface area contributed by atoms with Crippen LogP contribution in [0.5, 0.6) is 0 Å². The van der Waals surface area contributed by atoms with Gasteiger partial charge in [-0.25, -0.2) is 0 Å². The smallest absolute Gasteiger partial charge is 0.459 e. The molecule has 1 fully saturated rings. The highest BCUT2D eigenvalue weighted by atomic mass is 28.4. The minimum atomic E-state index is -3.43. The van der Waals surface area contributed by atoms with Crippen LogP contribution in [-0.2, 0) is 32.6 Å². The summed E-state index contributed by atoms with van der Waals surface area (Å²) in [4.78, 5) is 23.3. The van der Waals surface area contributed by atoms with Crippen molar-refractivity contribution < 1.29 is 32.6 Å². The summed E-state index contributed by atoms with van der Waals surface area (Å²) in [6.45, 7) is 15.3. The summed E-state index contributed by atoms with van der Waals surface area (Å²) in [5.41, 5.74) is -3.19. The molecular formula is C15H30O7Si. The Kier molecular flexibility index (Phi) is 6.39. The van der Waals surface area contributed by atoms with Crippen LogP contribution in [0.1, 0.15) is 55.4 Å². The fraction of sp³-hybridized carbons (Fsp3) is 0.933. The van der Waals surface area contributed by atoms with E-state index in [9.17, 15) is 4.79 Å². The molecule has 1 heterocycles. The Balaban J connectivity index is 3.20. The molecule has 7 nitrogen and oxygen atoms in total. The lowest BCUT2D eigenvalue weighted by atomic mass is 9.92. The zero-order valence-electron chi connectivity index (χ0n) is 15.5. The van der Waals surface area contributed by atoms with Crippen molar-refractivity contribution in [3.05, 3.63) is 0 Å². The van der Waals surface area contributed by atoms with Crippen molar-refractivity contribution in [1.29, 1.82) is 0 Å². The van der Waals surface area contributed by atoms with Crippen molar-refractivity contribution in [3.8, 4) is 0 Å². The highest BCUT2D eigenvalue weighted by Crippen LogP contribution is 2.54. The fourth-order valence-corrected chi connectivity index (χ4v) is 5.33. The summed E-state index contributed by atoms with van der Waals surface area (Å²) in [6, 6.07) is 0. The first-order chi connectivity index (χ1) is 10.5. The summed E-state index contributed by atoms with van der Waals surface area (Å²) >= 11 is 0. The summed E-state index contributed by atoms with van der Waals surface area (Å²) in [5, 5.41) is 0. The fourth-order valence-electron chi connectivity index (χ4n) is 2.25. The Morgan fingerprint density at radius 3 is 1.57 bits per heavy atom. The van der Waals surface area contributed by atoms with E-state index < -0.39 is 31.2 Å². The molecule has 0 bridgehead atoms. The molecule has 0 aromatic heterocycles. The number of hydrogen-bond acceptors (Lipinski definition) is 7. The summed E-state index contributed by atoms with van der Waals surface area (Å²) in [7, 11) is -3.43. The van der Waals surface area contributed by atoms with Crippen molar-refractivity contribution in [2.45, 2.75) is 66.4 Å². The molecule has 0 aliphatic carbocycles. The molecular weight excluding hydrogens is 320 g/mol. The third-order valence-electron chi connectivity index (χ3n) is 3.39. The molecule has 0 unspecified atom stereocenters. The summed E-state index contributed by atoms with van der Waals surface area (Å²) < 4.78 is 23.0. The molecule has 136 valence electrons. The van der Waals surface area contributed by atoms with E-state index in [1.807, 2.05) is 20.8 Å². The van der Waals surface area contributed by atoms with Gasteiger partial charge in [0.15, 0.2) is 0 Å². The molecule has 0 spiro atoms. The van der Waals surface area contributed by atoms with Crippen molar-refractivity contribution in [1.82, 2.24) is 0 Å². The summed E-state index contributed by atoms with van der Waals surface area (Å²) in [6.07, 6.45) is 0. The molecule has 23 heavy (non-hydrogen) atoms. The van der Waals surface area contributed by atoms with E-state index >= 15 is 0 Å². The van der Waals surface area contributed by atoms with Gasteiger partial charge in [0.2, 0.25) is 0 Å². The van der Waals surface area contributed by atoms with Crippen LogP contribution < -0.4 is 0 Å². The van der Waals surface area contributed by atoms with Gasteiger partial charge < -0.3 is 18.0 Å². The molecule has 0 atom stereocenters. The number of hydrogen-bond donors (Lipinski definition) is 0. The Labute approximate surface area is 139 Å². The quantitative estimate of drug-likeness (QED) is 0.274. The van der Waals surface area contributed by atoms with Crippen LogP contribution >= 0.6 is 0 Å². The molecule has 1 aliphatic heterocycles. The summed E-state index contributed by atoms with van der Waals surface area (Å²) in [5.74, 6) is -0.460. The van der Waals surface area contributed by atoms with E-state index in [2.05, 4.69) is 0 Å². The monoisotopic (exact) mass is 350 g/mol. The van der Waals surface area contributed by atoms with Gasteiger partial charge in [0.25, 0.3) is 0 Å². The average molecular weight is 350 g/mol. The van der Waals surface area contributed by atoms with Gasteiger partial charge >= 0.3 is 20.2 Å². The van der Waals surface area contributed by atoms with E-state index in [1.165, 1.54) is 0 Å². The van der Waals surface area contributed by atoms with Crippen LogP contribution in [-0.4, -0.2) is 45.6 Å². The molecule has 0 radical (unpaired) electrons. The van der Waals surface area contributed by atoms with Crippen LogP contribution in [0.3, 0.4) is 0 Å². The van der Waals surface area contributed by atoms with E-state index in [1.54, 1.807) is 34.6 Å². The predicted octanol–water partition coefficient (Wildman–Crippen LogP) is 2.60. The third-order valence-corrected chi connectivity index (χ3v) is 6.99. The first-order valence-electron chi connectivity index (χ1n) is 8.04. The minimum absolute atomic E-state index is 0.352. The topological polar surface area (TPSA) is 79.1 Å². The van der Waals surface area contributed by atoms with Gasteiger partial charge in [-0.15, -0.1) is 0 Å². The normalized spacial score (nSPS) is 17.9. The zero-order valence-corrected chi connectivity index (χ0v) is 16.5. The van der Waals surface area contributed by atoms with Crippen LogP contribution in [0, 0.1) is 5.41 Å². The number of rotatable bonds is 9. The molecule has 0 aromatic rings. The highest BCUT2D eigenvalue weighted by molar-refractivity contribution is 6.64. The number of carbonyl (C=O) groups is 1. The lowest BCUT2D eigenvalue weighted by Gasteiger charge is -2.37. The molecule has 0 N–H and O–H groups in total. The van der Waals surface area contributed by atoms with E-state index in [4.69, 9.17) is 27.8 Å². The standard InChI is InChI=1S/C15H30O7Si/c1-9-17-23(18-10-2,19-11-3)15(21-22-15)14(7,8)12(16)20-13(4,5)6/h9-11H2,1-8H3. The number of esters is 1. The highest BCUT2D eigenvalue weighted by Gasteiger charge is 2.83. The first kappa shape index (κ1) is 20.5. The van der Waals surface area contributed by atoms with E-state index in [0.717, 1.165) is 0 Å². The van der Waals surface area contributed by atoms with Gasteiger partial charge in [0, 0.05) is 19.8 Å². The lowest BCUT2D eigenvalue weighted by molar-refractivity contribution is -0.170. The second kappa shape index (κ2) is 7.16. The van der Waals surface area contributed by atoms with Gasteiger partial charge in [0.1, 0.15) is 11.0 Å². The second-order valence-electron chi connectivity index (χ2n) is 6.77. The lowest BCUT2D eigenvalue weighted by Crippen LogP contribution is -2.66. The Morgan fingerprint density at radius 1 is 0.913 bits per heavy atom. The van der Waals surface area contributed by atoms with Gasteiger partial charge in [-0.05, 0) is 55.4 Å². The van der Waals surface area contributed by atoms with Crippen LogP contribution in [0.25, 0.3) is 0 Å². The van der Waals surface area contributed by atoms with Crippen LogP contribution in [0.15, 0.2) is 0 Å². The number of carbonyl (C=O) groups excluding carboxylic acids is 1. The van der Waals surface area contributed by atoms with Crippen LogP contribution in [0.2, 0.25) is 0 Å². The first-order valence-corrected chi connectivity index (χ1v) is 9.76. The van der Waals surface area contributed by atoms with Crippen molar-refractivity contribution in [2.75, 3.05) is 19.8 Å². The molecule has 1 rings (SSSR count). The van der Waals surface area contributed by atoms with Gasteiger partial charge in [-0.1, -0.05) is 0 Å². The molecule has 8 heteroatoms. The Bertz CT molecular complexity index is 396. The maximum absolute atomic E-state index is 12.7. The van der Waals surface area contributed by atoms with Crippen molar-refractivity contribution >= 4 is 14.8 Å². The minimum Gasteiger partial charge on any atom is -0.459 e. The van der Waals surface area contributed by atoms with Gasteiger partial charge in [-0.3, -0.25) is 4.79 Å². The SMILES string of the molecule is CCO[Si](OCC)(OCC)C1(C(C)(C)C(=O)OC(C)(C)C)OO1. The Morgan fingerprint density at radius 2 is 1.30 bits per heavy atom. The van der Waals surface area contributed by atoms with Crippen LogP contribution in [0.4, 0.5) is 0 Å². The average Bonchev–Trinajstić information content (AvgIpc) is 3.19. The molecule has 0 saturated carbocycles. The van der Waals surface area contributed by atoms with Crippen molar-refractivity contribution in [3.63, 3.8) is 0 Å². The predicted molar refractivity (Wildman–Crippen MR) is 85.2 cm³/mol. The van der Waals surface area contributed by atoms with Crippen molar-refractivity contribution in [2.24, 2.45) is 5.41 Å². The largest absolute Gasteiger partial charge is 0.571 e. The zero-order chi connectivity index (χ0) is 17.9.